The number of likely N-dealkylation sites (N-methyl/N-ethyl adjacent to an activating group) is 1. The summed E-state index contributed by atoms with van der Waals surface area (Å²) >= 11 is 6.96. The van der Waals surface area contributed by atoms with E-state index in [4.69, 9.17) is 0 Å². The van der Waals surface area contributed by atoms with E-state index < -0.39 is 0 Å². The Morgan fingerprint density at radius 1 is 1.30 bits per heavy atom. The van der Waals surface area contributed by atoms with Crippen molar-refractivity contribution in [3.63, 3.8) is 0 Å². The van der Waals surface area contributed by atoms with Crippen LogP contribution in [-0.2, 0) is 11.3 Å². The number of benzene rings is 1. The maximum Gasteiger partial charge on any atom is 0.236 e. The van der Waals surface area contributed by atoms with Gasteiger partial charge in [0.2, 0.25) is 5.91 Å². The van der Waals surface area contributed by atoms with E-state index >= 15 is 0 Å². The molecule has 0 aromatic heterocycles. The Morgan fingerprint density at radius 2 is 2.00 bits per heavy atom. The molecule has 0 atom stereocenters. The maximum absolute atomic E-state index is 12.2. The van der Waals surface area contributed by atoms with Crippen molar-refractivity contribution in [3.05, 3.63) is 32.7 Å². The second-order valence-electron chi connectivity index (χ2n) is 5.05. The Balaban J connectivity index is 1.86. The number of piperazine rings is 1. The largest absolute Gasteiger partial charge is 0.339 e. The van der Waals surface area contributed by atoms with Gasteiger partial charge in [-0.2, -0.15) is 0 Å². The van der Waals surface area contributed by atoms with Crippen LogP contribution in [-0.4, -0.2) is 55.5 Å². The second kappa shape index (κ2) is 7.54. The van der Waals surface area contributed by atoms with Crippen LogP contribution in [0.4, 0.5) is 0 Å². The highest BCUT2D eigenvalue weighted by atomic mass is 79.9. The van der Waals surface area contributed by atoms with E-state index in [1.54, 1.807) is 0 Å². The predicted octanol–water partition coefficient (Wildman–Crippen LogP) is 2.08. The number of carbonyl (C=O) groups is 1. The number of hydrogen-bond donors (Lipinski definition) is 1. The van der Waals surface area contributed by atoms with E-state index in [0.717, 1.165) is 41.7 Å². The van der Waals surface area contributed by atoms with Crippen molar-refractivity contribution in [2.75, 3.05) is 39.8 Å². The van der Waals surface area contributed by atoms with E-state index in [2.05, 4.69) is 54.2 Å². The number of nitrogens with one attached hydrogen (secondary N) is 1. The molecular weight excluding hydrogens is 386 g/mol. The minimum atomic E-state index is 0.213. The average molecular weight is 405 g/mol. The highest BCUT2D eigenvalue weighted by Gasteiger charge is 2.17. The summed E-state index contributed by atoms with van der Waals surface area (Å²) in [6.45, 7) is 4.66. The van der Waals surface area contributed by atoms with Crippen molar-refractivity contribution in [2.24, 2.45) is 0 Å². The van der Waals surface area contributed by atoms with Crippen molar-refractivity contribution in [1.82, 2.24) is 15.1 Å². The molecule has 2 rings (SSSR count). The van der Waals surface area contributed by atoms with Gasteiger partial charge in [0.05, 0.1) is 6.54 Å². The molecule has 0 unspecified atom stereocenters. The summed E-state index contributed by atoms with van der Waals surface area (Å²) in [6.07, 6.45) is 0. The topological polar surface area (TPSA) is 35.6 Å². The normalized spacial score (nSPS) is 15.7. The lowest BCUT2D eigenvalue weighted by Crippen LogP contribution is -2.49. The average Bonchev–Trinajstić information content (AvgIpc) is 2.44. The molecule has 1 heterocycles. The third kappa shape index (κ3) is 4.55. The summed E-state index contributed by atoms with van der Waals surface area (Å²) in [6, 6.07) is 6.17. The van der Waals surface area contributed by atoms with Crippen LogP contribution in [0.25, 0.3) is 0 Å². The van der Waals surface area contributed by atoms with Gasteiger partial charge in [-0.25, -0.2) is 0 Å². The standard InChI is InChI=1S/C14H19Br2N3O/c1-18(9-11-2-3-12(15)13(16)8-11)10-14(20)19-6-4-17-5-7-19/h2-3,8,17H,4-7,9-10H2,1H3. The van der Waals surface area contributed by atoms with Crippen molar-refractivity contribution in [2.45, 2.75) is 6.54 Å². The predicted molar refractivity (Wildman–Crippen MR) is 87.6 cm³/mol. The monoisotopic (exact) mass is 403 g/mol. The van der Waals surface area contributed by atoms with Crippen LogP contribution in [0, 0.1) is 0 Å². The van der Waals surface area contributed by atoms with Gasteiger partial charge in [0.15, 0.2) is 0 Å². The fourth-order valence-corrected chi connectivity index (χ4v) is 2.92. The van der Waals surface area contributed by atoms with Gasteiger partial charge >= 0.3 is 0 Å². The number of hydrogen-bond acceptors (Lipinski definition) is 3. The molecule has 4 nitrogen and oxygen atoms in total. The van der Waals surface area contributed by atoms with Crippen LogP contribution in [0.3, 0.4) is 0 Å². The molecule has 20 heavy (non-hydrogen) atoms. The summed E-state index contributed by atoms with van der Waals surface area (Å²) in [5.41, 5.74) is 1.19. The van der Waals surface area contributed by atoms with Crippen LogP contribution in [0.2, 0.25) is 0 Å². The molecule has 0 bridgehead atoms. The van der Waals surface area contributed by atoms with Gasteiger partial charge in [0.1, 0.15) is 0 Å². The Bertz CT molecular complexity index is 475. The number of amides is 1. The first-order valence-corrected chi connectivity index (χ1v) is 8.26. The highest BCUT2D eigenvalue weighted by molar-refractivity contribution is 9.13. The van der Waals surface area contributed by atoms with Crippen LogP contribution in [0.15, 0.2) is 27.1 Å². The van der Waals surface area contributed by atoms with Crippen molar-refractivity contribution >= 4 is 37.8 Å². The highest BCUT2D eigenvalue weighted by Crippen LogP contribution is 2.24. The smallest absolute Gasteiger partial charge is 0.236 e. The Morgan fingerprint density at radius 3 is 2.65 bits per heavy atom. The molecule has 6 heteroatoms. The van der Waals surface area contributed by atoms with Crippen molar-refractivity contribution in [3.8, 4) is 0 Å². The van der Waals surface area contributed by atoms with Gasteiger partial charge < -0.3 is 10.2 Å². The molecule has 1 N–H and O–H groups in total. The van der Waals surface area contributed by atoms with Crippen LogP contribution < -0.4 is 5.32 Å². The minimum Gasteiger partial charge on any atom is -0.339 e. The third-order valence-corrected chi connectivity index (χ3v) is 5.19. The molecule has 1 aromatic rings. The fraction of sp³-hybridized carbons (Fsp3) is 0.500. The first-order chi connectivity index (χ1) is 9.56. The molecule has 0 spiro atoms. The Labute approximate surface area is 136 Å². The first-order valence-electron chi connectivity index (χ1n) is 6.67. The first kappa shape index (κ1) is 15.9. The molecular formula is C14H19Br2N3O. The maximum atomic E-state index is 12.2. The van der Waals surface area contributed by atoms with Crippen LogP contribution >= 0.6 is 31.9 Å². The Kier molecular flexibility index (Phi) is 6.01. The lowest BCUT2D eigenvalue weighted by Gasteiger charge is -2.29. The zero-order valence-electron chi connectivity index (χ0n) is 11.5. The SMILES string of the molecule is CN(CC(=O)N1CCNCC1)Cc1ccc(Br)c(Br)c1. The summed E-state index contributed by atoms with van der Waals surface area (Å²) in [5.74, 6) is 0.213. The molecule has 1 aromatic carbocycles. The third-order valence-electron chi connectivity index (χ3n) is 3.31. The van der Waals surface area contributed by atoms with E-state index in [0.29, 0.717) is 6.54 Å². The molecule has 1 fully saturated rings. The van der Waals surface area contributed by atoms with Gasteiger partial charge in [-0.3, -0.25) is 9.69 Å². The van der Waals surface area contributed by atoms with E-state index in [1.807, 2.05) is 18.0 Å². The van der Waals surface area contributed by atoms with Crippen molar-refractivity contribution < 1.29 is 4.79 Å². The van der Waals surface area contributed by atoms with Gasteiger partial charge in [-0.15, -0.1) is 0 Å². The fourth-order valence-electron chi connectivity index (χ4n) is 2.25. The van der Waals surface area contributed by atoms with Crippen molar-refractivity contribution in [1.29, 1.82) is 0 Å². The summed E-state index contributed by atoms with van der Waals surface area (Å²) in [5, 5.41) is 3.26. The summed E-state index contributed by atoms with van der Waals surface area (Å²) in [4.78, 5) is 16.2. The molecule has 110 valence electrons. The molecule has 0 saturated carbocycles. The van der Waals surface area contributed by atoms with Gasteiger partial charge in [-0.05, 0) is 56.6 Å². The van der Waals surface area contributed by atoms with Gasteiger partial charge in [-0.1, -0.05) is 6.07 Å². The Hall–Kier alpha value is -0.430. The second-order valence-corrected chi connectivity index (χ2v) is 6.76. The molecule has 1 aliphatic rings. The number of nitrogens with zero attached hydrogens (tertiary/aromatic N) is 2. The number of carbonyl (C=O) groups excluding carboxylic acids is 1. The zero-order valence-corrected chi connectivity index (χ0v) is 14.7. The molecule has 1 amide bonds. The molecule has 0 radical (unpaired) electrons. The van der Waals surface area contributed by atoms with Crippen LogP contribution in [0.1, 0.15) is 5.56 Å². The lowest BCUT2D eigenvalue weighted by molar-refractivity contribution is -0.132. The van der Waals surface area contributed by atoms with Gasteiger partial charge in [0.25, 0.3) is 0 Å². The molecule has 0 aliphatic carbocycles. The minimum absolute atomic E-state index is 0.213. The molecule has 1 aliphatic heterocycles. The van der Waals surface area contributed by atoms with E-state index in [-0.39, 0.29) is 5.91 Å². The quantitative estimate of drug-likeness (QED) is 0.834. The van der Waals surface area contributed by atoms with Gasteiger partial charge in [0, 0.05) is 41.7 Å². The summed E-state index contributed by atoms with van der Waals surface area (Å²) < 4.78 is 2.08. The van der Waals surface area contributed by atoms with E-state index in [9.17, 15) is 4.79 Å². The zero-order chi connectivity index (χ0) is 14.5. The van der Waals surface area contributed by atoms with E-state index in [1.165, 1.54) is 5.56 Å². The number of halogens is 2. The number of rotatable bonds is 4. The molecule has 1 saturated heterocycles. The van der Waals surface area contributed by atoms with Crippen LogP contribution in [0.5, 0.6) is 0 Å². The summed E-state index contributed by atoms with van der Waals surface area (Å²) in [7, 11) is 1.98. The lowest BCUT2D eigenvalue weighted by atomic mass is 10.2.